The van der Waals surface area contributed by atoms with Crippen molar-refractivity contribution in [2.45, 2.75) is 6.61 Å². The van der Waals surface area contributed by atoms with Crippen LogP contribution in [0.5, 0.6) is 0 Å². The van der Waals surface area contributed by atoms with Gasteiger partial charge < -0.3 is 10.8 Å². The molecule has 2 aromatic heterocycles. The molecule has 0 aliphatic carbocycles. The fourth-order valence-electron chi connectivity index (χ4n) is 2.76. The van der Waals surface area contributed by atoms with Crippen LogP contribution >= 0.6 is 0 Å². The Morgan fingerprint density at radius 1 is 1.00 bits per heavy atom. The van der Waals surface area contributed by atoms with E-state index in [0.29, 0.717) is 11.3 Å². The van der Waals surface area contributed by atoms with Gasteiger partial charge in [-0.2, -0.15) is 0 Å². The van der Waals surface area contributed by atoms with Gasteiger partial charge in [-0.15, -0.1) is 0 Å². The van der Waals surface area contributed by atoms with E-state index in [0.717, 1.165) is 32.7 Å². The second-order valence-electron chi connectivity index (χ2n) is 5.06. The van der Waals surface area contributed by atoms with Gasteiger partial charge in [-0.3, -0.25) is 4.98 Å². The van der Waals surface area contributed by atoms with Gasteiger partial charge in [0.05, 0.1) is 23.2 Å². The van der Waals surface area contributed by atoms with E-state index in [-0.39, 0.29) is 6.61 Å². The number of hydrogen-bond donors (Lipinski definition) is 2. The fraction of sp³-hybridized carbons (Fsp3) is 0.0588. The summed E-state index contributed by atoms with van der Waals surface area (Å²) in [6.07, 6.45) is 1.77. The topological polar surface area (TPSA) is 72.0 Å². The molecule has 0 aliphatic rings. The number of benzene rings is 2. The number of hydrogen-bond acceptors (Lipinski definition) is 4. The lowest BCUT2D eigenvalue weighted by atomic mass is 10.0. The molecule has 0 amide bonds. The predicted octanol–water partition coefficient (Wildman–Crippen LogP) is 3.01. The first kappa shape index (κ1) is 12.1. The smallest absolute Gasteiger partial charge is 0.0803 e. The molecule has 0 aliphatic heterocycles. The van der Waals surface area contributed by atoms with Crippen molar-refractivity contribution in [3.05, 3.63) is 54.2 Å². The number of nitrogens with zero attached hydrogens (tertiary/aromatic N) is 2. The van der Waals surface area contributed by atoms with Crippen LogP contribution in [0.1, 0.15) is 5.56 Å². The lowest BCUT2D eigenvalue weighted by Gasteiger charge is -2.09. The Balaban J connectivity index is 2.23. The van der Waals surface area contributed by atoms with Crippen LogP contribution < -0.4 is 5.73 Å². The van der Waals surface area contributed by atoms with Crippen LogP contribution in [0.25, 0.3) is 32.7 Å². The van der Waals surface area contributed by atoms with Gasteiger partial charge in [-0.1, -0.05) is 12.1 Å². The second-order valence-corrected chi connectivity index (χ2v) is 5.06. The van der Waals surface area contributed by atoms with E-state index in [2.05, 4.69) is 11.1 Å². The van der Waals surface area contributed by atoms with Crippen LogP contribution in [0.3, 0.4) is 0 Å². The summed E-state index contributed by atoms with van der Waals surface area (Å²) >= 11 is 0. The maximum atomic E-state index is 9.57. The normalized spacial score (nSPS) is 11.5. The highest BCUT2D eigenvalue weighted by molar-refractivity contribution is 6.07. The van der Waals surface area contributed by atoms with Gasteiger partial charge in [0.15, 0.2) is 0 Å². The Bertz CT molecular complexity index is 995. The van der Waals surface area contributed by atoms with E-state index >= 15 is 0 Å². The van der Waals surface area contributed by atoms with Gasteiger partial charge in [-0.05, 0) is 30.3 Å². The van der Waals surface area contributed by atoms with Crippen LogP contribution in [-0.2, 0) is 6.61 Å². The third-order valence-corrected chi connectivity index (χ3v) is 3.83. The zero-order chi connectivity index (χ0) is 14.4. The van der Waals surface area contributed by atoms with Gasteiger partial charge in [0.25, 0.3) is 0 Å². The number of nitrogen functional groups attached to an aromatic ring is 1. The molecule has 0 atom stereocenters. The molecule has 0 unspecified atom stereocenters. The average Bonchev–Trinajstić information content (AvgIpc) is 2.53. The molecule has 3 N–H and O–H groups in total. The van der Waals surface area contributed by atoms with Crippen molar-refractivity contribution in [1.82, 2.24) is 9.97 Å². The SMILES string of the molecule is Nc1ccc2cc3ccc4ncccc4c3nc2c1CO. The van der Waals surface area contributed by atoms with Crippen molar-refractivity contribution >= 4 is 38.4 Å². The monoisotopic (exact) mass is 275 g/mol. The van der Waals surface area contributed by atoms with Crippen molar-refractivity contribution < 1.29 is 5.11 Å². The van der Waals surface area contributed by atoms with E-state index < -0.39 is 0 Å². The van der Waals surface area contributed by atoms with E-state index in [4.69, 9.17) is 10.7 Å². The molecular formula is C17H13N3O. The van der Waals surface area contributed by atoms with E-state index in [1.807, 2.05) is 36.4 Å². The first-order valence-electron chi connectivity index (χ1n) is 6.74. The summed E-state index contributed by atoms with van der Waals surface area (Å²) in [6, 6.07) is 13.7. The molecule has 2 aromatic carbocycles. The van der Waals surface area contributed by atoms with Crippen molar-refractivity contribution in [1.29, 1.82) is 0 Å². The summed E-state index contributed by atoms with van der Waals surface area (Å²) in [5, 5.41) is 12.6. The average molecular weight is 275 g/mol. The number of aliphatic hydroxyl groups is 1. The Hall–Kier alpha value is -2.72. The maximum Gasteiger partial charge on any atom is 0.0803 e. The van der Waals surface area contributed by atoms with Gasteiger partial charge in [0.2, 0.25) is 0 Å². The van der Waals surface area contributed by atoms with Gasteiger partial charge >= 0.3 is 0 Å². The molecule has 102 valence electrons. The molecule has 4 rings (SSSR count). The van der Waals surface area contributed by atoms with Crippen molar-refractivity contribution in [3.63, 3.8) is 0 Å². The minimum Gasteiger partial charge on any atom is -0.398 e. The number of aromatic nitrogens is 2. The van der Waals surface area contributed by atoms with Crippen molar-refractivity contribution in [3.8, 4) is 0 Å². The molecule has 0 saturated carbocycles. The van der Waals surface area contributed by atoms with E-state index in [1.54, 1.807) is 6.20 Å². The molecule has 0 spiro atoms. The molecule has 0 bridgehead atoms. The Kier molecular flexibility index (Phi) is 2.52. The third-order valence-electron chi connectivity index (χ3n) is 3.83. The Morgan fingerprint density at radius 2 is 1.81 bits per heavy atom. The van der Waals surface area contributed by atoms with Crippen LogP contribution in [0.4, 0.5) is 5.69 Å². The molecule has 0 fully saturated rings. The predicted molar refractivity (Wildman–Crippen MR) is 84.9 cm³/mol. The number of nitrogens with two attached hydrogens (primary N) is 1. The van der Waals surface area contributed by atoms with Crippen molar-refractivity contribution in [2.24, 2.45) is 0 Å². The number of anilines is 1. The van der Waals surface area contributed by atoms with Gasteiger partial charge in [0.1, 0.15) is 0 Å². The summed E-state index contributed by atoms with van der Waals surface area (Å²) in [4.78, 5) is 9.11. The molecule has 0 radical (unpaired) electrons. The third kappa shape index (κ3) is 1.73. The first-order chi connectivity index (χ1) is 10.3. The van der Waals surface area contributed by atoms with Gasteiger partial charge in [0, 0.05) is 33.6 Å². The van der Waals surface area contributed by atoms with E-state index in [1.165, 1.54) is 0 Å². The summed E-state index contributed by atoms with van der Waals surface area (Å²) in [5.41, 5.74) is 9.73. The summed E-state index contributed by atoms with van der Waals surface area (Å²) in [7, 11) is 0. The van der Waals surface area contributed by atoms with Crippen LogP contribution in [0, 0.1) is 0 Å². The fourth-order valence-corrected chi connectivity index (χ4v) is 2.76. The lowest BCUT2D eigenvalue weighted by Crippen LogP contribution is -1.97. The molecule has 2 heterocycles. The minimum absolute atomic E-state index is 0.120. The quantitative estimate of drug-likeness (QED) is 0.318. The Labute approximate surface area is 120 Å². The Morgan fingerprint density at radius 3 is 2.67 bits per heavy atom. The summed E-state index contributed by atoms with van der Waals surface area (Å²) in [5.74, 6) is 0. The first-order valence-corrected chi connectivity index (χ1v) is 6.74. The number of aliphatic hydroxyl groups excluding tert-OH is 1. The molecular weight excluding hydrogens is 262 g/mol. The highest BCUT2D eigenvalue weighted by atomic mass is 16.3. The maximum absolute atomic E-state index is 9.57. The summed E-state index contributed by atoms with van der Waals surface area (Å²) < 4.78 is 0. The number of fused-ring (bicyclic) bond motifs is 4. The van der Waals surface area contributed by atoms with Crippen molar-refractivity contribution in [2.75, 3.05) is 5.73 Å². The number of rotatable bonds is 1. The summed E-state index contributed by atoms with van der Waals surface area (Å²) in [6.45, 7) is -0.120. The highest BCUT2D eigenvalue weighted by Gasteiger charge is 2.09. The lowest BCUT2D eigenvalue weighted by molar-refractivity contribution is 0.284. The highest BCUT2D eigenvalue weighted by Crippen LogP contribution is 2.29. The largest absolute Gasteiger partial charge is 0.398 e. The van der Waals surface area contributed by atoms with Gasteiger partial charge in [-0.25, -0.2) is 4.98 Å². The second kappa shape index (κ2) is 4.40. The zero-order valence-electron chi connectivity index (χ0n) is 11.2. The van der Waals surface area contributed by atoms with Crippen LogP contribution in [0.2, 0.25) is 0 Å². The molecule has 4 heteroatoms. The molecule has 4 aromatic rings. The van der Waals surface area contributed by atoms with E-state index in [9.17, 15) is 5.11 Å². The number of pyridine rings is 2. The molecule has 4 nitrogen and oxygen atoms in total. The minimum atomic E-state index is -0.120. The zero-order valence-corrected chi connectivity index (χ0v) is 11.2. The van der Waals surface area contributed by atoms with Crippen LogP contribution in [0.15, 0.2) is 48.7 Å². The molecule has 21 heavy (non-hydrogen) atoms. The standard InChI is InChI=1S/C17H13N3O/c18-14-5-3-10-8-11-4-6-15-12(2-1-7-19-15)16(11)20-17(10)13(14)9-21/h1-8,21H,9,18H2. The van der Waals surface area contributed by atoms with Crippen LogP contribution in [-0.4, -0.2) is 15.1 Å². The molecule has 0 saturated heterocycles.